The van der Waals surface area contributed by atoms with E-state index in [0.29, 0.717) is 4.47 Å². The maximum Gasteiger partial charge on any atom is 0.419 e. The van der Waals surface area contributed by atoms with Crippen LogP contribution in [0.15, 0.2) is 16.7 Å². The molecule has 0 radical (unpaired) electrons. The molecular formula is C12H13BrClF3N2. The van der Waals surface area contributed by atoms with Gasteiger partial charge in [0.15, 0.2) is 0 Å². The fourth-order valence-corrected chi connectivity index (χ4v) is 2.87. The minimum absolute atomic E-state index is 0.145. The van der Waals surface area contributed by atoms with E-state index in [0.717, 1.165) is 31.7 Å². The second-order valence-electron chi connectivity index (χ2n) is 4.60. The number of aromatic nitrogens is 1. The molecule has 19 heavy (non-hydrogen) atoms. The molecular weight excluding hydrogens is 344 g/mol. The van der Waals surface area contributed by atoms with Crippen molar-refractivity contribution in [2.45, 2.75) is 43.3 Å². The van der Waals surface area contributed by atoms with Crippen molar-refractivity contribution in [3.63, 3.8) is 0 Å². The van der Waals surface area contributed by atoms with Crippen LogP contribution in [0.25, 0.3) is 0 Å². The zero-order chi connectivity index (χ0) is 14.0. The lowest BCUT2D eigenvalue weighted by molar-refractivity contribution is -0.137. The Balaban J connectivity index is 2.24. The van der Waals surface area contributed by atoms with Crippen LogP contribution in [0.2, 0.25) is 0 Å². The molecule has 2 rings (SSSR count). The highest BCUT2D eigenvalue weighted by molar-refractivity contribution is 9.10. The molecule has 106 valence electrons. The van der Waals surface area contributed by atoms with Crippen LogP contribution >= 0.6 is 27.5 Å². The summed E-state index contributed by atoms with van der Waals surface area (Å²) in [5, 5.41) is 2.70. The van der Waals surface area contributed by atoms with Gasteiger partial charge in [0, 0.05) is 16.7 Å². The Hall–Kier alpha value is -0.490. The van der Waals surface area contributed by atoms with Crippen molar-refractivity contribution in [1.82, 2.24) is 4.98 Å². The van der Waals surface area contributed by atoms with Gasteiger partial charge in [0.1, 0.15) is 5.82 Å². The van der Waals surface area contributed by atoms with Gasteiger partial charge in [-0.3, -0.25) is 0 Å². The first-order valence-corrected chi connectivity index (χ1v) is 7.24. The van der Waals surface area contributed by atoms with Crippen molar-refractivity contribution in [2.75, 3.05) is 5.32 Å². The van der Waals surface area contributed by atoms with E-state index >= 15 is 0 Å². The summed E-state index contributed by atoms with van der Waals surface area (Å²) in [7, 11) is 0. The maximum atomic E-state index is 12.9. The second kappa shape index (κ2) is 5.87. The van der Waals surface area contributed by atoms with Crippen LogP contribution in [0, 0.1) is 0 Å². The largest absolute Gasteiger partial charge is 0.419 e. The van der Waals surface area contributed by atoms with Gasteiger partial charge in [-0.25, -0.2) is 4.98 Å². The van der Waals surface area contributed by atoms with E-state index in [9.17, 15) is 13.2 Å². The molecule has 2 atom stereocenters. The molecule has 1 fully saturated rings. The molecule has 1 aliphatic rings. The average molecular weight is 358 g/mol. The van der Waals surface area contributed by atoms with E-state index < -0.39 is 11.7 Å². The summed E-state index contributed by atoms with van der Waals surface area (Å²) < 4.78 is 39.1. The van der Waals surface area contributed by atoms with Gasteiger partial charge in [-0.05, 0) is 34.8 Å². The van der Waals surface area contributed by atoms with Gasteiger partial charge < -0.3 is 5.32 Å². The average Bonchev–Trinajstić information content (AvgIpc) is 2.33. The first-order chi connectivity index (χ1) is 8.88. The highest BCUT2D eigenvalue weighted by Crippen LogP contribution is 2.36. The molecule has 0 saturated heterocycles. The number of anilines is 1. The first-order valence-electron chi connectivity index (χ1n) is 6.01. The summed E-state index contributed by atoms with van der Waals surface area (Å²) in [6, 6.07) is 0.867. The molecule has 1 aromatic heterocycles. The van der Waals surface area contributed by atoms with Crippen molar-refractivity contribution in [3.8, 4) is 0 Å². The predicted molar refractivity (Wildman–Crippen MR) is 72.5 cm³/mol. The van der Waals surface area contributed by atoms with Gasteiger partial charge in [0.2, 0.25) is 0 Å². The van der Waals surface area contributed by atoms with Crippen LogP contribution in [-0.4, -0.2) is 16.4 Å². The SMILES string of the molecule is FC(F)(F)c1cc(Br)cnc1NC1CCCCC1Cl. The van der Waals surface area contributed by atoms with E-state index in [1.807, 2.05) is 0 Å². The maximum absolute atomic E-state index is 12.9. The zero-order valence-corrected chi connectivity index (χ0v) is 12.3. The van der Waals surface area contributed by atoms with Crippen LogP contribution in [0.1, 0.15) is 31.2 Å². The first kappa shape index (κ1) is 14.9. The van der Waals surface area contributed by atoms with Crippen LogP contribution in [-0.2, 0) is 6.18 Å². The molecule has 1 N–H and O–H groups in total. The molecule has 7 heteroatoms. The van der Waals surface area contributed by atoms with Gasteiger partial charge >= 0.3 is 6.18 Å². The summed E-state index contributed by atoms with van der Waals surface area (Å²) in [6.45, 7) is 0. The number of hydrogen-bond acceptors (Lipinski definition) is 2. The third-order valence-corrected chi connectivity index (χ3v) is 4.12. The normalized spacial score (nSPS) is 24.3. The Labute approximate surface area is 122 Å². The van der Waals surface area contributed by atoms with Crippen LogP contribution in [0.4, 0.5) is 19.0 Å². The number of nitrogens with one attached hydrogen (secondary N) is 1. The molecule has 1 saturated carbocycles. The fraction of sp³-hybridized carbons (Fsp3) is 0.583. The number of halogens is 5. The molecule has 0 bridgehead atoms. The molecule has 0 amide bonds. The van der Waals surface area contributed by atoms with Crippen molar-refractivity contribution in [3.05, 3.63) is 22.3 Å². The second-order valence-corrected chi connectivity index (χ2v) is 6.08. The van der Waals surface area contributed by atoms with E-state index in [2.05, 4.69) is 26.2 Å². The third-order valence-electron chi connectivity index (χ3n) is 3.16. The molecule has 1 aliphatic carbocycles. The van der Waals surface area contributed by atoms with Crippen molar-refractivity contribution in [1.29, 1.82) is 0 Å². The summed E-state index contributed by atoms with van der Waals surface area (Å²) in [6.07, 6.45) is 0.491. The summed E-state index contributed by atoms with van der Waals surface area (Å²) in [4.78, 5) is 3.84. The standard InChI is InChI=1S/C12H13BrClF3N2/c13-7-5-8(12(15,16)17)11(18-6-7)19-10-4-2-1-3-9(10)14/h5-6,9-10H,1-4H2,(H,18,19). The lowest BCUT2D eigenvalue weighted by atomic mass is 9.95. The fourth-order valence-electron chi connectivity index (χ4n) is 2.19. The van der Waals surface area contributed by atoms with E-state index in [1.165, 1.54) is 6.20 Å². The van der Waals surface area contributed by atoms with Gasteiger partial charge in [0.25, 0.3) is 0 Å². The Morgan fingerprint density at radius 1 is 1.32 bits per heavy atom. The Kier molecular flexibility index (Phi) is 4.61. The van der Waals surface area contributed by atoms with Gasteiger partial charge in [-0.2, -0.15) is 13.2 Å². The lowest BCUT2D eigenvalue weighted by Crippen LogP contribution is -2.34. The molecule has 2 nitrogen and oxygen atoms in total. The van der Waals surface area contributed by atoms with E-state index in [1.54, 1.807) is 0 Å². The number of alkyl halides is 4. The smallest absolute Gasteiger partial charge is 0.365 e. The quantitative estimate of drug-likeness (QED) is 0.767. The minimum Gasteiger partial charge on any atom is -0.365 e. The van der Waals surface area contributed by atoms with E-state index in [4.69, 9.17) is 11.6 Å². The number of rotatable bonds is 2. The molecule has 0 aliphatic heterocycles. The number of nitrogens with zero attached hydrogens (tertiary/aromatic N) is 1. The minimum atomic E-state index is -4.43. The molecule has 2 unspecified atom stereocenters. The summed E-state index contributed by atoms with van der Waals surface area (Å²) in [5.41, 5.74) is -0.767. The van der Waals surface area contributed by atoms with Crippen molar-refractivity contribution < 1.29 is 13.2 Å². The summed E-state index contributed by atoms with van der Waals surface area (Å²) >= 11 is 9.16. The topological polar surface area (TPSA) is 24.9 Å². The Morgan fingerprint density at radius 2 is 2.00 bits per heavy atom. The predicted octanol–water partition coefficient (Wildman–Crippen LogP) is 4.82. The lowest BCUT2D eigenvalue weighted by Gasteiger charge is -2.29. The van der Waals surface area contributed by atoms with Gasteiger partial charge in [-0.15, -0.1) is 11.6 Å². The highest BCUT2D eigenvalue weighted by atomic mass is 79.9. The number of pyridine rings is 1. The molecule has 1 heterocycles. The monoisotopic (exact) mass is 356 g/mol. The third kappa shape index (κ3) is 3.75. The van der Waals surface area contributed by atoms with Crippen molar-refractivity contribution >= 4 is 33.3 Å². The van der Waals surface area contributed by atoms with Gasteiger partial charge in [0.05, 0.1) is 10.9 Å². The van der Waals surface area contributed by atoms with Crippen LogP contribution in [0.5, 0.6) is 0 Å². The Bertz CT molecular complexity index is 453. The van der Waals surface area contributed by atoms with Gasteiger partial charge in [-0.1, -0.05) is 12.8 Å². The molecule has 0 aromatic carbocycles. The highest BCUT2D eigenvalue weighted by Gasteiger charge is 2.36. The zero-order valence-electron chi connectivity index (χ0n) is 9.97. The van der Waals surface area contributed by atoms with Crippen LogP contribution in [0.3, 0.4) is 0 Å². The van der Waals surface area contributed by atoms with Crippen LogP contribution < -0.4 is 5.32 Å². The molecule has 1 aromatic rings. The summed E-state index contributed by atoms with van der Waals surface area (Å²) in [5.74, 6) is -0.145. The molecule has 0 spiro atoms. The van der Waals surface area contributed by atoms with Crippen molar-refractivity contribution in [2.24, 2.45) is 0 Å². The number of hydrogen-bond donors (Lipinski definition) is 1. The van der Waals surface area contributed by atoms with E-state index in [-0.39, 0.29) is 17.2 Å². The Morgan fingerprint density at radius 3 is 2.63 bits per heavy atom.